The van der Waals surface area contributed by atoms with Crippen LogP contribution in [0.4, 0.5) is 5.69 Å². The molecule has 4 nitrogen and oxygen atoms in total. The average molecular weight is 345 g/mol. The Morgan fingerprint density at radius 2 is 1.79 bits per heavy atom. The van der Waals surface area contributed by atoms with Crippen LogP contribution in [0.25, 0.3) is 0 Å². The molecule has 0 saturated heterocycles. The molecule has 1 atom stereocenters. The molecule has 0 unspecified atom stereocenters. The van der Waals surface area contributed by atoms with Crippen LogP contribution in [0, 0.1) is 19.8 Å². The summed E-state index contributed by atoms with van der Waals surface area (Å²) in [7, 11) is 0. The van der Waals surface area contributed by atoms with E-state index in [1.165, 1.54) is 0 Å². The lowest BCUT2D eigenvalue weighted by Crippen LogP contribution is -2.32. The van der Waals surface area contributed by atoms with Crippen molar-refractivity contribution < 1.29 is 14.7 Å². The van der Waals surface area contributed by atoms with Crippen LogP contribution in [0.3, 0.4) is 0 Å². The minimum Gasteiger partial charge on any atom is -0.550 e. The van der Waals surface area contributed by atoms with Gasteiger partial charge in [0.15, 0.2) is 0 Å². The van der Waals surface area contributed by atoms with Crippen molar-refractivity contribution in [1.29, 1.82) is 0 Å². The highest BCUT2D eigenvalue weighted by atomic mass is 35.5. The molecule has 5 heteroatoms. The van der Waals surface area contributed by atoms with E-state index in [-0.39, 0.29) is 12.3 Å². The first-order valence-corrected chi connectivity index (χ1v) is 8.05. The Balaban J connectivity index is 2.16. The van der Waals surface area contributed by atoms with Gasteiger partial charge < -0.3 is 15.2 Å². The van der Waals surface area contributed by atoms with E-state index in [9.17, 15) is 14.7 Å². The Labute approximate surface area is 146 Å². The van der Waals surface area contributed by atoms with Crippen LogP contribution in [-0.2, 0) is 16.0 Å². The number of nitrogens with one attached hydrogen (secondary N) is 1. The molecule has 24 heavy (non-hydrogen) atoms. The van der Waals surface area contributed by atoms with Crippen molar-refractivity contribution in [2.75, 3.05) is 5.32 Å². The van der Waals surface area contributed by atoms with E-state index in [2.05, 4.69) is 5.32 Å². The Morgan fingerprint density at radius 3 is 2.42 bits per heavy atom. The minimum absolute atomic E-state index is 0.307. The van der Waals surface area contributed by atoms with Crippen LogP contribution >= 0.6 is 11.6 Å². The number of carbonyl (C=O) groups is 2. The average Bonchev–Trinajstić information content (AvgIpc) is 2.52. The third kappa shape index (κ3) is 5.10. The van der Waals surface area contributed by atoms with Gasteiger partial charge in [-0.15, -0.1) is 0 Å². The van der Waals surface area contributed by atoms with Crippen molar-refractivity contribution >= 4 is 29.2 Å². The summed E-state index contributed by atoms with van der Waals surface area (Å²) in [4.78, 5) is 23.6. The molecule has 0 fully saturated rings. The molecule has 0 saturated carbocycles. The van der Waals surface area contributed by atoms with Gasteiger partial charge in [0.2, 0.25) is 5.91 Å². The Kier molecular flexibility index (Phi) is 5.99. The van der Waals surface area contributed by atoms with Crippen molar-refractivity contribution in [3.63, 3.8) is 0 Å². The predicted molar refractivity (Wildman–Crippen MR) is 92.8 cm³/mol. The zero-order valence-electron chi connectivity index (χ0n) is 13.6. The van der Waals surface area contributed by atoms with Crippen molar-refractivity contribution in [3.05, 3.63) is 64.2 Å². The third-order valence-corrected chi connectivity index (χ3v) is 4.08. The summed E-state index contributed by atoms with van der Waals surface area (Å²) in [5.74, 6) is -2.29. The minimum atomic E-state index is -1.25. The van der Waals surface area contributed by atoms with Gasteiger partial charge in [0, 0.05) is 22.6 Å². The number of benzene rings is 2. The van der Waals surface area contributed by atoms with Gasteiger partial charge in [0.25, 0.3) is 0 Å². The lowest BCUT2D eigenvalue weighted by atomic mass is 9.95. The lowest BCUT2D eigenvalue weighted by molar-refractivity contribution is -0.306. The van der Waals surface area contributed by atoms with E-state index in [1.54, 1.807) is 24.3 Å². The van der Waals surface area contributed by atoms with Crippen LogP contribution in [0.5, 0.6) is 0 Å². The molecule has 2 aromatic carbocycles. The molecule has 0 aliphatic heterocycles. The molecular formula is C19H19ClNO3-. The molecule has 126 valence electrons. The Morgan fingerprint density at radius 1 is 1.12 bits per heavy atom. The van der Waals surface area contributed by atoms with E-state index in [0.29, 0.717) is 17.1 Å². The third-order valence-electron chi connectivity index (χ3n) is 3.83. The number of rotatable bonds is 6. The number of hydrogen-bond donors (Lipinski definition) is 1. The maximum Gasteiger partial charge on any atom is 0.228 e. The van der Waals surface area contributed by atoms with Gasteiger partial charge in [0.1, 0.15) is 0 Å². The number of aryl methyl sites for hydroxylation is 2. The summed E-state index contributed by atoms with van der Waals surface area (Å²) in [5, 5.41) is 14.4. The number of carboxylic acid groups (broad SMARTS) is 1. The monoisotopic (exact) mass is 344 g/mol. The summed E-state index contributed by atoms with van der Waals surface area (Å²) in [6, 6.07) is 12.7. The van der Waals surface area contributed by atoms with Crippen LogP contribution in [0.2, 0.25) is 5.02 Å². The molecule has 2 rings (SSSR count). The molecule has 0 radical (unpaired) electrons. The largest absolute Gasteiger partial charge is 0.550 e. The van der Waals surface area contributed by atoms with Crippen molar-refractivity contribution in [3.8, 4) is 0 Å². The van der Waals surface area contributed by atoms with Gasteiger partial charge in [-0.1, -0.05) is 35.9 Å². The maximum absolute atomic E-state index is 12.6. The van der Waals surface area contributed by atoms with Crippen molar-refractivity contribution in [2.24, 2.45) is 5.92 Å². The molecule has 1 N–H and O–H groups in total. The smallest absolute Gasteiger partial charge is 0.228 e. The topological polar surface area (TPSA) is 69.2 Å². The number of carboxylic acids is 1. The van der Waals surface area contributed by atoms with Crippen molar-refractivity contribution in [1.82, 2.24) is 0 Å². The summed E-state index contributed by atoms with van der Waals surface area (Å²) in [6.07, 6.45) is -0.0266. The zero-order chi connectivity index (χ0) is 17.7. The second kappa shape index (κ2) is 7.97. The predicted octanol–water partition coefficient (Wildman–Crippen LogP) is 2.89. The van der Waals surface area contributed by atoms with Crippen LogP contribution in [0.15, 0.2) is 42.5 Å². The molecule has 1 amide bonds. The van der Waals surface area contributed by atoms with E-state index >= 15 is 0 Å². The molecular weight excluding hydrogens is 326 g/mol. The van der Waals surface area contributed by atoms with Gasteiger partial charge >= 0.3 is 0 Å². The van der Waals surface area contributed by atoms with Gasteiger partial charge in [0.05, 0.1) is 0 Å². The van der Waals surface area contributed by atoms with E-state index in [4.69, 9.17) is 11.6 Å². The van der Waals surface area contributed by atoms with Gasteiger partial charge in [-0.05, 0) is 61.6 Å². The lowest BCUT2D eigenvalue weighted by Gasteiger charge is -2.18. The number of halogens is 1. The number of carbonyl (C=O) groups excluding carboxylic acids is 2. The zero-order valence-corrected chi connectivity index (χ0v) is 14.4. The second-order valence-electron chi connectivity index (χ2n) is 5.91. The normalized spacial score (nSPS) is 11.8. The highest BCUT2D eigenvalue weighted by molar-refractivity contribution is 6.30. The quantitative estimate of drug-likeness (QED) is 0.876. The van der Waals surface area contributed by atoms with Crippen molar-refractivity contribution in [2.45, 2.75) is 26.7 Å². The highest BCUT2D eigenvalue weighted by Crippen LogP contribution is 2.20. The molecule has 0 aliphatic rings. The Hall–Kier alpha value is -2.33. The standard InChI is InChI=1S/C19H20ClNO3/c1-12-3-4-13(2)17(9-12)21-19(24)15(11-18(22)23)10-14-5-7-16(20)8-6-14/h3-9,15H,10-11H2,1-2H3,(H,21,24)(H,22,23)/p-1/t15-/m0/s1. The summed E-state index contributed by atoms with van der Waals surface area (Å²) in [6.45, 7) is 3.82. The number of anilines is 1. The summed E-state index contributed by atoms with van der Waals surface area (Å²) >= 11 is 5.85. The fourth-order valence-electron chi connectivity index (χ4n) is 2.47. The SMILES string of the molecule is Cc1ccc(C)c(NC(=O)[C@H](CC(=O)[O-])Cc2ccc(Cl)cc2)c1. The van der Waals surface area contributed by atoms with E-state index in [1.807, 2.05) is 32.0 Å². The van der Waals surface area contributed by atoms with E-state index in [0.717, 1.165) is 16.7 Å². The molecule has 0 bridgehead atoms. The fraction of sp³-hybridized carbons (Fsp3) is 0.263. The molecule has 0 spiro atoms. The molecule has 0 heterocycles. The summed E-state index contributed by atoms with van der Waals surface area (Å²) < 4.78 is 0. The van der Waals surface area contributed by atoms with E-state index < -0.39 is 11.9 Å². The maximum atomic E-state index is 12.6. The molecule has 0 aliphatic carbocycles. The second-order valence-corrected chi connectivity index (χ2v) is 6.35. The number of hydrogen-bond acceptors (Lipinski definition) is 3. The summed E-state index contributed by atoms with van der Waals surface area (Å²) in [5.41, 5.74) is 3.49. The first-order valence-electron chi connectivity index (χ1n) is 7.67. The van der Waals surface area contributed by atoms with Gasteiger partial charge in [-0.3, -0.25) is 4.79 Å². The van der Waals surface area contributed by atoms with Gasteiger partial charge in [-0.25, -0.2) is 0 Å². The van der Waals surface area contributed by atoms with Crippen LogP contribution < -0.4 is 10.4 Å². The highest BCUT2D eigenvalue weighted by Gasteiger charge is 2.20. The fourth-order valence-corrected chi connectivity index (χ4v) is 2.60. The van der Waals surface area contributed by atoms with Crippen LogP contribution in [-0.4, -0.2) is 11.9 Å². The number of amides is 1. The Bertz CT molecular complexity index is 741. The molecule has 0 aromatic heterocycles. The van der Waals surface area contributed by atoms with Gasteiger partial charge in [-0.2, -0.15) is 0 Å². The first kappa shape index (κ1) is 18.0. The molecule has 2 aromatic rings. The van der Waals surface area contributed by atoms with Crippen LogP contribution in [0.1, 0.15) is 23.1 Å². The first-order chi connectivity index (χ1) is 11.3. The number of aliphatic carboxylic acids is 1.